The lowest BCUT2D eigenvalue weighted by Crippen LogP contribution is -2.20. The van der Waals surface area contributed by atoms with E-state index in [0.717, 1.165) is 18.4 Å². The zero-order valence-corrected chi connectivity index (χ0v) is 12.3. The average Bonchev–Trinajstić information content (AvgIpc) is 2.19. The summed E-state index contributed by atoms with van der Waals surface area (Å²) in [5.74, 6) is 0.835. The van der Waals surface area contributed by atoms with E-state index in [4.69, 9.17) is 15.8 Å². The van der Waals surface area contributed by atoms with Gasteiger partial charge in [0.25, 0.3) is 0 Å². The molecule has 1 N–H and O–H groups in total. The minimum Gasteiger partial charge on any atom is -0.382 e. The van der Waals surface area contributed by atoms with E-state index in [1.807, 2.05) is 0 Å². The quantitative estimate of drug-likeness (QED) is 0.818. The van der Waals surface area contributed by atoms with E-state index in [-0.39, 0.29) is 0 Å². The van der Waals surface area contributed by atoms with Crippen molar-refractivity contribution >= 4 is 21.7 Å². The molecule has 102 valence electrons. The zero-order valence-electron chi connectivity index (χ0n) is 10.7. The highest BCUT2D eigenvalue weighted by molar-refractivity contribution is 7.86. The second-order valence-corrected chi connectivity index (χ2v) is 6.58. The molecule has 0 spiro atoms. The molecule has 0 radical (unpaired) electrons. The molecule has 4 nitrogen and oxygen atoms in total. The van der Waals surface area contributed by atoms with Gasteiger partial charge in [-0.15, -0.1) is 0 Å². The zero-order chi connectivity index (χ0) is 13.8. The molecule has 1 rings (SSSR count). The number of hydrogen-bond acceptors (Lipinski definition) is 4. The van der Waals surface area contributed by atoms with Crippen molar-refractivity contribution in [2.75, 3.05) is 12.8 Å². The van der Waals surface area contributed by atoms with E-state index in [2.05, 4.69) is 19.2 Å². The van der Waals surface area contributed by atoms with Gasteiger partial charge >= 0.3 is 10.1 Å². The second kappa shape index (κ2) is 6.41. The van der Waals surface area contributed by atoms with Gasteiger partial charge in [0.15, 0.2) is 0 Å². The van der Waals surface area contributed by atoms with Gasteiger partial charge in [0.05, 0.1) is 6.26 Å². The van der Waals surface area contributed by atoms with Gasteiger partial charge in [-0.3, -0.25) is 0 Å². The van der Waals surface area contributed by atoms with Crippen molar-refractivity contribution in [1.82, 2.24) is 5.32 Å². The molecule has 6 heteroatoms. The van der Waals surface area contributed by atoms with Crippen molar-refractivity contribution in [2.45, 2.75) is 20.4 Å². The van der Waals surface area contributed by atoms with E-state index in [9.17, 15) is 8.42 Å². The molecular formula is C12H18ClNO3S. The molecule has 0 saturated heterocycles. The number of rotatable bonds is 6. The molecule has 0 amide bonds. The third-order valence-electron chi connectivity index (χ3n) is 2.13. The molecular weight excluding hydrogens is 274 g/mol. The van der Waals surface area contributed by atoms with Gasteiger partial charge < -0.3 is 9.50 Å². The lowest BCUT2D eigenvalue weighted by Gasteiger charge is -2.12. The topological polar surface area (TPSA) is 55.4 Å². The fourth-order valence-electron chi connectivity index (χ4n) is 1.43. The minimum atomic E-state index is -3.52. The van der Waals surface area contributed by atoms with Gasteiger partial charge in [-0.1, -0.05) is 25.4 Å². The van der Waals surface area contributed by atoms with E-state index in [1.54, 1.807) is 18.2 Å². The molecule has 0 unspecified atom stereocenters. The van der Waals surface area contributed by atoms with Crippen molar-refractivity contribution in [1.29, 1.82) is 0 Å². The fraction of sp³-hybridized carbons (Fsp3) is 0.500. The summed E-state index contributed by atoms with van der Waals surface area (Å²) >= 11 is 5.90. The van der Waals surface area contributed by atoms with Crippen LogP contribution in [0, 0.1) is 5.92 Å². The number of benzene rings is 1. The molecule has 0 heterocycles. The minimum absolute atomic E-state index is 0.318. The maximum atomic E-state index is 11.1. The smallest absolute Gasteiger partial charge is 0.306 e. The second-order valence-electron chi connectivity index (χ2n) is 4.56. The molecule has 0 bridgehead atoms. The average molecular weight is 292 g/mol. The lowest BCUT2D eigenvalue weighted by atomic mass is 10.2. The molecule has 1 aromatic rings. The van der Waals surface area contributed by atoms with E-state index in [1.165, 1.54) is 0 Å². The highest BCUT2D eigenvalue weighted by atomic mass is 35.5. The van der Waals surface area contributed by atoms with Gasteiger partial charge in [0, 0.05) is 17.1 Å². The van der Waals surface area contributed by atoms with Crippen molar-refractivity contribution in [3.63, 3.8) is 0 Å². The summed E-state index contributed by atoms with van der Waals surface area (Å²) in [6.45, 7) is 5.55. The van der Waals surface area contributed by atoms with Gasteiger partial charge in [0.2, 0.25) is 0 Å². The first kappa shape index (κ1) is 15.3. The fourth-order valence-corrected chi connectivity index (χ4v) is 2.11. The Balaban J connectivity index is 2.83. The summed E-state index contributed by atoms with van der Waals surface area (Å²) in [5.41, 5.74) is 0.730. The Kier molecular flexibility index (Phi) is 5.44. The number of nitrogens with one attached hydrogen (secondary N) is 1. The van der Waals surface area contributed by atoms with E-state index in [0.29, 0.717) is 23.2 Å². The maximum absolute atomic E-state index is 11.1. The molecule has 0 atom stereocenters. The third kappa shape index (κ3) is 5.71. The Bertz CT molecular complexity index is 500. The number of hydrogen-bond donors (Lipinski definition) is 1. The summed E-state index contributed by atoms with van der Waals surface area (Å²) in [4.78, 5) is 0. The van der Waals surface area contributed by atoms with Crippen LogP contribution in [0.3, 0.4) is 0 Å². The monoisotopic (exact) mass is 291 g/mol. The SMILES string of the molecule is CC(C)CNCc1cc(Cl)ccc1OS(C)(=O)=O. The van der Waals surface area contributed by atoms with Crippen LogP contribution in [-0.4, -0.2) is 21.2 Å². The summed E-state index contributed by atoms with van der Waals surface area (Å²) in [7, 11) is -3.52. The summed E-state index contributed by atoms with van der Waals surface area (Å²) in [6.07, 6.45) is 1.02. The van der Waals surface area contributed by atoms with Gasteiger partial charge in [-0.25, -0.2) is 0 Å². The largest absolute Gasteiger partial charge is 0.382 e. The molecule has 0 fully saturated rings. The van der Waals surface area contributed by atoms with Crippen LogP contribution in [0.15, 0.2) is 18.2 Å². The summed E-state index contributed by atoms with van der Waals surface area (Å²) in [6, 6.07) is 4.87. The van der Waals surface area contributed by atoms with Crippen LogP contribution >= 0.6 is 11.6 Å². The molecule has 1 aromatic carbocycles. The Morgan fingerprint density at radius 2 is 2.06 bits per heavy atom. The predicted octanol–water partition coefficient (Wildman–Crippen LogP) is 2.42. The van der Waals surface area contributed by atoms with Crippen molar-refractivity contribution in [2.24, 2.45) is 5.92 Å². The summed E-state index contributed by atoms with van der Waals surface area (Å²) < 4.78 is 27.2. The van der Waals surface area contributed by atoms with Crippen molar-refractivity contribution < 1.29 is 12.6 Å². The molecule has 0 aliphatic carbocycles. The summed E-state index contributed by atoms with van der Waals surface area (Å²) in [5, 5.41) is 3.77. The molecule has 0 aromatic heterocycles. The first-order valence-electron chi connectivity index (χ1n) is 5.66. The first-order valence-corrected chi connectivity index (χ1v) is 7.86. The number of halogens is 1. The predicted molar refractivity (Wildman–Crippen MR) is 73.5 cm³/mol. The van der Waals surface area contributed by atoms with Crippen molar-refractivity contribution in [3.05, 3.63) is 28.8 Å². The van der Waals surface area contributed by atoms with Gasteiger partial charge in [0.1, 0.15) is 5.75 Å². The van der Waals surface area contributed by atoms with Crippen LogP contribution in [-0.2, 0) is 16.7 Å². The van der Waals surface area contributed by atoms with Crippen LogP contribution in [0.4, 0.5) is 0 Å². The van der Waals surface area contributed by atoms with Crippen LogP contribution < -0.4 is 9.50 Å². The van der Waals surface area contributed by atoms with Gasteiger partial charge in [-0.05, 0) is 30.7 Å². The van der Waals surface area contributed by atoms with Crippen LogP contribution in [0.25, 0.3) is 0 Å². The molecule has 0 saturated carbocycles. The van der Waals surface area contributed by atoms with E-state index < -0.39 is 10.1 Å². The van der Waals surface area contributed by atoms with Crippen LogP contribution in [0.1, 0.15) is 19.4 Å². The molecule has 18 heavy (non-hydrogen) atoms. The van der Waals surface area contributed by atoms with Crippen LogP contribution in [0.2, 0.25) is 5.02 Å². The standard InChI is InChI=1S/C12H18ClNO3S/c1-9(2)7-14-8-10-6-11(13)4-5-12(10)17-18(3,15)16/h4-6,9,14H,7-8H2,1-3H3. The highest BCUT2D eigenvalue weighted by Crippen LogP contribution is 2.24. The highest BCUT2D eigenvalue weighted by Gasteiger charge is 2.10. The normalized spacial score (nSPS) is 11.8. The first-order chi connectivity index (χ1) is 8.28. The van der Waals surface area contributed by atoms with Crippen LogP contribution in [0.5, 0.6) is 5.75 Å². The van der Waals surface area contributed by atoms with E-state index >= 15 is 0 Å². The molecule has 0 aliphatic rings. The lowest BCUT2D eigenvalue weighted by molar-refractivity contribution is 0.485. The Morgan fingerprint density at radius 3 is 2.61 bits per heavy atom. The van der Waals surface area contributed by atoms with Crippen molar-refractivity contribution in [3.8, 4) is 5.75 Å². The maximum Gasteiger partial charge on any atom is 0.306 e. The Labute approximate surface area is 113 Å². The molecule has 0 aliphatic heterocycles. The van der Waals surface area contributed by atoms with Gasteiger partial charge in [-0.2, -0.15) is 8.42 Å². The Hall–Kier alpha value is -0.780. The third-order valence-corrected chi connectivity index (χ3v) is 2.85. The Morgan fingerprint density at radius 1 is 1.39 bits per heavy atom.